The Labute approximate surface area is 138 Å². The molecule has 1 aromatic carbocycles. The molecule has 0 amide bonds. The molecule has 2 rings (SSSR count). The van der Waals surface area contributed by atoms with Crippen LogP contribution in [-0.4, -0.2) is 38.4 Å². The lowest BCUT2D eigenvalue weighted by Crippen LogP contribution is -2.46. The highest BCUT2D eigenvalue weighted by molar-refractivity contribution is 9.10. The van der Waals surface area contributed by atoms with Crippen molar-refractivity contribution >= 4 is 26.0 Å². The first-order valence-corrected chi connectivity index (χ1v) is 9.48. The number of piperidine rings is 1. The van der Waals surface area contributed by atoms with Crippen LogP contribution < -0.4 is 5.32 Å². The molecule has 0 saturated carbocycles. The number of sulfonamides is 1. The third kappa shape index (κ3) is 3.67. The highest BCUT2D eigenvalue weighted by atomic mass is 79.9. The summed E-state index contributed by atoms with van der Waals surface area (Å²) in [4.78, 5) is -0.597. The predicted molar refractivity (Wildman–Crippen MR) is 84.1 cm³/mol. The van der Waals surface area contributed by atoms with E-state index in [1.807, 2.05) is 6.92 Å². The first kappa shape index (κ1) is 17.8. The summed E-state index contributed by atoms with van der Waals surface area (Å²) in [5, 5.41) is 3.17. The molecular weight excluding hydrogens is 378 g/mol. The maximum absolute atomic E-state index is 14.1. The summed E-state index contributed by atoms with van der Waals surface area (Å²) in [6.45, 7) is 3.60. The van der Waals surface area contributed by atoms with Crippen LogP contribution in [0.2, 0.25) is 0 Å². The fraction of sp³-hybridized carbons (Fsp3) is 0.571. The highest BCUT2D eigenvalue weighted by Crippen LogP contribution is 2.28. The molecule has 1 fully saturated rings. The van der Waals surface area contributed by atoms with Gasteiger partial charge in [-0.25, -0.2) is 17.2 Å². The zero-order valence-corrected chi connectivity index (χ0v) is 14.7. The molecule has 124 valence electrons. The summed E-state index contributed by atoms with van der Waals surface area (Å²) in [7, 11) is -4.06. The second-order valence-electron chi connectivity index (χ2n) is 5.29. The molecule has 1 N–H and O–H groups in total. The van der Waals surface area contributed by atoms with Crippen molar-refractivity contribution in [1.82, 2.24) is 9.62 Å². The average Bonchev–Trinajstić information content (AvgIpc) is 2.49. The molecule has 0 bridgehead atoms. The van der Waals surface area contributed by atoms with Crippen molar-refractivity contribution in [1.29, 1.82) is 0 Å². The highest BCUT2D eigenvalue weighted by Gasteiger charge is 2.34. The summed E-state index contributed by atoms with van der Waals surface area (Å²) >= 11 is 2.86. The Morgan fingerprint density at radius 1 is 1.27 bits per heavy atom. The molecule has 1 aromatic rings. The largest absolute Gasteiger partial charge is 0.317 e. The van der Waals surface area contributed by atoms with Crippen molar-refractivity contribution in [3.05, 3.63) is 28.2 Å². The quantitative estimate of drug-likeness (QED) is 0.778. The Kier molecular flexibility index (Phi) is 5.93. The monoisotopic (exact) mass is 396 g/mol. The fourth-order valence-electron chi connectivity index (χ4n) is 2.64. The molecule has 1 aliphatic heterocycles. The minimum atomic E-state index is -4.06. The molecule has 0 unspecified atom stereocenters. The standard InChI is InChI=1S/C14H19BrF2N2O2S/c1-2-7-19(10-3-5-18-6-4-10)22(20,21)14-9-12(16)11(15)8-13(14)17/h8-10,18H,2-7H2,1H3. The van der Waals surface area contributed by atoms with Gasteiger partial charge in [0.25, 0.3) is 0 Å². The van der Waals surface area contributed by atoms with E-state index in [4.69, 9.17) is 0 Å². The zero-order valence-electron chi connectivity index (χ0n) is 12.3. The van der Waals surface area contributed by atoms with Crippen LogP contribution in [-0.2, 0) is 10.0 Å². The van der Waals surface area contributed by atoms with Gasteiger partial charge in [-0.2, -0.15) is 4.31 Å². The van der Waals surface area contributed by atoms with Crippen LogP contribution in [0.5, 0.6) is 0 Å². The molecule has 0 atom stereocenters. The van der Waals surface area contributed by atoms with Gasteiger partial charge in [0.15, 0.2) is 0 Å². The molecule has 0 spiro atoms. The molecule has 1 aliphatic rings. The van der Waals surface area contributed by atoms with Crippen LogP contribution in [0.25, 0.3) is 0 Å². The third-order valence-electron chi connectivity index (χ3n) is 3.72. The molecule has 4 nitrogen and oxygen atoms in total. The van der Waals surface area contributed by atoms with Crippen molar-refractivity contribution in [2.24, 2.45) is 0 Å². The van der Waals surface area contributed by atoms with E-state index in [1.165, 1.54) is 4.31 Å². The number of hydrogen-bond acceptors (Lipinski definition) is 3. The van der Waals surface area contributed by atoms with Crippen molar-refractivity contribution < 1.29 is 17.2 Å². The maximum atomic E-state index is 14.1. The molecular formula is C14H19BrF2N2O2S. The van der Waals surface area contributed by atoms with E-state index in [2.05, 4.69) is 21.2 Å². The summed E-state index contributed by atoms with van der Waals surface area (Å²) in [6.07, 6.45) is 1.95. The molecule has 0 radical (unpaired) electrons. The lowest BCUT2D eigenvalue weighted by molar-refractivity contribution is 0.261. The summed E-state index contributed by atoms with van der Waals surface area (Å²) in [5.74, 6) is -1.73. The number of halogens is 3. The molecule has 8 heteroatoms. The maximum Gasteiger partial charge on any atom is 0.246 e. The van der Waals surface area contributed by atoms with Gasteiger partial charge in [-0.15, -0.1) is 0 Å². The van der Waals surface area contributed by atoms with E-state index >= 15 is 0 Å². The average molecular weight is 397 g/mol. The van der Waals surface area contributed by atoms with Gasteiger partial charge in [0.1, 0.15) is 16.5 Å². The SMILES string of the molecule is CCCN(C1CCNCC1)S(=O)(=O)c1cc(F)c(Br)cc1F. The van der Waals surface area contributed by atoms with Gasteiger partial charge in [0, 0.05) is 12.6 Å². The Hall–Kier alpha value is -0.570. The van der Waals surface area contributed by atoms with Crippen LogP contribution in [0.3, 0.4) is 0 Å². The number of benzene rings is 1. The van der Waals surface area contributed by atoms with E-state index in [9.17, 15) is 17.2 Å². The number of rotatable bonds is 5. The first-order valence-electron chi connectivity index (χ1n) is 7.25. The Bertz CT molecular complexity index is 634. The Balaban J connectivity index is 2.42. The minimum Gasteiger partial charge on any atom is -0.317 e. The number of hydrogen-bond donors (Lipinski definition) is 1. The fourth-order valence-corrected chi connectivity index (χ4v) is 4.79. The molecule has 0 aliphatic carbocycles. The van der Waals surface area contributed by atoms with Gasteiger partial charge < -0.3 is 5.32 Å². The predicted octanol–water partition coefficient (Wildman–Crippen LogP) is 2.88. The molecule has 1 saturated heterocycles. The Morgan fingerprint density at radius 3 is 2.50 bits per heavy atom. The normalized spacial score (nSPS) is 17.1. The molecule has 1 heterocycles. The summed E-state index contributed by atoms with van der Waals surface area (Å²) in [6, 6.07) is 1.42. The number of nitrogens with zero attached hydrogens (tertiary/aromatic N) is 1. The zero-order chi connectivity index (χ0) is 16.3. The van der Waals surface area contributed by atoms with Gasteiger partial charge in [-0.3, -0.25) is 0 Å². The van der Waals surface area contributed by atoms with Crippen molar-refractivity contribution in [3.8, 4) is 0 Å². The number of nitrogens with one attached hydrogen (secondary N) is 1. The van der Waals surface area contributed by atoms with Gasteiger partial charge >= 0.3 is 0 Å². The van der Waals surface area contributed by atoms with E-state index < -0.39 is 26.6 Å². The van der Waals surface area contributed by atoms with Crippen LogP contribution in [0, 0.1) is 11.6 Å². The van der Waals surface area contributed by atoms with Crippen LogP contribution in [0.4, 0.5) is 8.78 Å². The van der Waals surface area contributed by atoms with E-state index in [1.54, 1.807) is 0 Å². The van der Waals surface area contributed by atoms with Crippen molar-refractivity contribution in [2.75, 3.05) is 19.6 Å². The van der Waals surface area contributed by atoms with Gasteiger partial charge in [0.2, 0.25) is 10.0 Å². The van der Waals surface area contributed by atoms with Crippen LogP contribution in [0.1, 0.15) is 26.2 Å². The second-order valence-corrected chi connectivity index (χ2v) is 8.01. The van der Waals surface area contributed by atoms with E-state index in [0.717, 1.165) is 25.2 Å². The van der Waals surface area contributed by atoms with Gasteiger partial charge in [0.05, 0.1) is 4.47 Å². The topological polar surface area (TPSA) is 49.4 Å². The lowest BCUT2D eigenvalue weighted by atomic mass is 10.1. The molecule has 22 heavy (non-hydrogen) atoms. The smallest absolute Gasteiger partial charge is 0.246 e. The lowest BCUT2D eigenvalue weighted by Gasteiger charge is -2.33. The van der Waals surface area contributed by atoms with Crippen molar-refractivity contribution in [3.63, 3.8) is 0 Å². The van der Waals surface area contributed by atoms with Gasteiger partial charge in [-0.05, 0) is 60.4 Å². The van der Waals surface area contributed by atoms with E-state index in [0.29, 0.717) is 25.8 Å². The second kappa shape index (κ2) is 7.33. The Morgan fingerprint density at radius 2 is 1.91 bits per heavy atom. The molecule has 0 aromatic heterocycles. The summed E-state index contributed by atoms with van der Waals surface area (Å²) in [5.41, 5.74) is 0. The van der Waals surface area contributed by atoms with Gasteiger partial charge in [-0.1, -0.05) is 6.92 Å². The third-order valence-corrected chi connectivity index (χ3v) is 6.30. The minimum absolute atomic E-state index is 0.0899. The first-order chi connectivity index (χ1) is 10.4. The van der Waals surface area contributed by atoms with Crippen LogP contribution >= 0.6 is 15.9 Å². The van der Waals surface area contributed by atoms with Crippen LogP contribution in [0.15, 0.2) is 21.5 Å². The summed E-state index contributed by atoms with van der Waals surface area (Å²) < 4.78 is 54.6. The van der Waals surface area contributed by atoms with E-state index in [-0.39, 0.29) is 10.5 Å². The van der Waals surface area contributed by atoms with Crippen molar-refractivity contribution in [2.45, 2.75) is 37.1 Å².